The zero-order valence-electron chi connectivity index (χ0n) is 14.6. The summed E-state index contributed by atoms with van der Waals surface area (Å²) in [7, 11) is 3.21. The summed E-state index contributed by atoms with van der Waals surface area (Å²) in [6, 6.07) is 5.67. The Morgan fingerprint density at radius 1 is 1.17 bits per heavy atom. The van der Waals surface area contributed by atoms with Crippen LogP contribution in [0.1, 0.15) is 44.1 Å². The molecule has 0 aliphatic heterocycles. The van der Waals surface area contributed by atoms with Gasteiger partial charge in [0, 0.05) is 13.0 Å². The molecule has 0 saturated heterocycles. The molecule has 5 nitrogen and oxygen atoms in total. The highest BCUT2D eigenvalue weighted by Crippen LogP contribution is 2.38. The summed E-state index contributed by atoms with van der Waals surface area (Å²) in [6.45, 7) is 1.08. The zero-order valence-corrected chi connectivity index (χ0v) is 15.4. The van der Waals surface area contributed by atoms with Crippen LogP contribution in [0.5, 0.6) is 11.5 Å². The first-order valence-electron chi connectivity index (χ1n) is 8.30. The van der Waals surface area contributed by atoms with Gasteiger partial charge in [-0.1, -0.05) is 25.3 Å². The molecule has 0 bridgehead atoms. The number of benzene rings is 1. The Labute approximate surface area is 150 Å². The van der Waals surface area contributed by atoms with Gasteiger partial charge < -0.3 is 20.5 Å². The Bertz CT molecular complexity index is 531. The van der Waals surface area contributed by atoms with Gasteiger partial charge in [-0.3, -0.25) is 4.79 Å². The monoisotopic (exact) mass is 356 g/mol. The van der Waals surface area contributed by atoms with Crippen molar-refractivity contribution < 1.29 is 14.3 Å². The van der Waals surface area contributed by atoms with E-state index in [0.29, 0.717) is 31.0 Å². The SMILES string of the molecule is COc1ccc(CNC(=O)CC2(CN)CCCCC2)cc1OC.Cl. The summed E-state index contributed by atoms with van der Waals surface area (Å²) < 4.78 is 10.5. The van der Waals surface area contributed by atoms with E-state index in [1.165, 1.54) is 19.3 Å². The second-order valence-corrected chi connectivity index (χ2v) is 6.41. The minimum atomic E-state index is -0.0000681. The number of hydrogen-bond donors (Lipinski definition) is 2. The first kappa shape index (κ1) is 20.6. The summed E-state index contributed by atoms with van der Waals surface area (Å²) in [4.78, 5) is 12.3. The number of carbonyl (C=O) groups excluding carboxylic acids is 1. The number of amides is 1. The van der Waals surface area contributed by atoms with E-state index >= 15 is 0 Å². The molecule has 0 atom stereocenters. The highest BCUT2D eigenvalue weighted by atomic mass is 35.5. The van der Waals surface area contributed by atoms with E-state index in [9.17, 15) is 4.79 Å². The van der Waals surface area contributed by atoms with Crippen molar-refractivity contribution in [3.63, 3.8) is 0 Å². The third kappa shape index (κ3) is 5.28. The molecule has 0 heterocycles. The molecule has 1 aliphatic rings. The molecule has 1 amide bonds. The van der Waals surface area contributed by atoms with Gasteiger partial charge in [0.15, 0.2) is 11.5 Å². The predicted molar refractivity (Wildman–Crippen MR) is 97.8 cm³/mol. The van der Waals surface area contributed by atoms with Crippen LogP contribution in [0.4, 0.5) is 0 Å². The maximum atomic E-state index is 12.3. The number of nitrogens with one attached hydrogen (secondary N) is 1. The van der Waals surface area contributed by atoms with Crippen molar-refractivity contribution in [3.8, 4) is 11.5 Å². The van der Waals surface area contributed by atoms with Gasteiger partial charge in [-0.2, -0.15) is 0 Å². The Hall–Kier alpha value is -1.46. The van der Waals surface area contributed by atoms with E-state index in [4.69, 9.17) is 15.2 Å². The van der Waals surface area contributed by atoms with E-state index in [1.54, 1.807) is 14.2 Å². The van der Waals surface area contributed by atoms with Crippen molar-refractivity contribution in [2.75, 3.05) is 20.8 Å². The first-order valence-corrected chi connectivity index (χ1v) is 8.30. The molecule has 1 aliphatic carbocycles. The lowest BCUT2D eigenvalue weighted by Crippen LogP contribution is -2.38. The number of ether oxygens (including phenoxy) is 2. The normalized spacial score (nSPS) is 16.0. The van der Waals surface area contributed by atoms with Gasteiger partial charge in [0.1, 0.15) is 0 Å². The second kappa shape index (κ2) is 9.74. The molecule has 0 radical (unpaired) electrons. The fourth-order valence-corrected chi connectivity index (χ4v) is 3.35. The fourth-order valence-electron chi connectivity index (χ4n) is 3.35. The van der Waals surface area contributed by atoms with E-state index in [-0.39, 0.29) is 23.7 Å². The predicted octanol–water partition coefficient (Wildman–Crippen LogP) is 3.04. The topological polar surface area (TPSA) is 73.6 Å². The van der Waals surface area contributed by atoms with Crippen LogP contribution < -0.4 is 20.5 Å². The summed E-state index contributed by atoms with van der Waals surface area (Å²) >= 11 is 0. The molecular formula is C18H29ClN2O3. The number of rotatable bonds is 7. The standard InChI is InChI=1S/C18H28N2O3.ClH/c1-22-15-7-6-14(10-16(15)23-2)12-20-17(21)11-18(13-19)8-4-3-5-9-18;/h6-7,10H,3-5,8-9,11-13,19H2,1-2H3,(H,20,21);1H. The Morgan fingerprint density at radius 2 is 1.83 bits per heavy atom. The molecule has 2 rings (SSSR count). The molecule has 0 unspecified atom stereocenters. The van der Waals surface area contributed by atoms with Gasteiger partial charge >= 0.3 is 0 Å². The van der Waals surface area contributed by atoms with E-state index < -0.39 is 0 Å². The summed E-state index contributed by atoms with van der Waals surface area (Å²) in [5, 5.41) is 3.00. The third-order valence-corrected chi connectivity index (χ3v) is 4.82. The summed E-state index contributed by atoms with van der Waals surface area (Å²) in [5.74, 6) is 1.43. The van der Waals surface area contributed by atoms with Crippen molar-refractivity contribution in [1.29, 1.82) is 0 Å². The average Bonchev–Trinajstić information content (AvgIpc) is 2.60. The Kier molecular flexibility index (Phi) is 8.36. The number of halogens is 1. The Balaban J connectivity index is 0.00000288. The Morgan fingerprint density at radius 3 is 2.42 bits per heavy atom. The molecule has 3 N–H and O–H groups in total. The molecule has 1 saturated carbocycles. The van der Waals surface area contributed by atoms with E-state index in [0.717, 1.165) is 18.4 Å². The van der Waals surface area contributed by atoms with E-state index in [2.05, 4.69) is 5.32 Å². The zero-order chi connectivity index (χ0) is 16.7. The highest BCUT2D eigenvalue weighted by Gasteiger charge is 2.32. The molecule has 0 aromatic heterocycles. The molecular weight excluding hydrogens is 328 g/mol. The smallest absolute Gasteiger partial charge is 0.220 e. The van der Waals surface area contributed by atoms with Crippen LogP contribution in [0.2, 0.25) is 0 Å². The third-order valence-electron chi connectivity index (χ3n) is 4.82. The molecule has 1 aromatic carbocycles. The average molecular weight is 357 g/mol. The van der Waals surface area contributed by atoms with Gasteiger partial charge in [-0.25, -0.2) is 0 Å². The second-order valence-electron chi connectivity index (χ2n) is 6.41. The van der Waals surface area contributed by atoms with Crippen molar-refractivity contribution in [2.24, 2.45) is 11.1 Å². The molecule has 1 aromatic rings. The van der Waals surface area contributed by atoms with Crippen LogP contribution in [0.25, 0.3) is 0 Å². The lowest BCUT2D eigenvalue weighted by molar-refractivity contribution is -0.124. The summed E-state index contributed by atoms with van der Waals surface area (Å²) in [6.07, 6.45) is 6.27. The van der Waals surface area contributed by atoms with Crippen molar-refractivity contribution in [2.45, 2.75) is 45.1 Å². The number of carbonyl (C=O) groups is 1. The van der Waals surface area contributed by atoms with Crippen LogP contribution >= 0.6 is 12.4 Å². The molecule has 1 fully saturated rings. The number of nitrogens with two attached hydrogens (primary N) is 1. The minimum Gasteiger partial charge on any atom is -0.493 e. The van der Waals surface area contributed by atoms with Crippen LogP contribution in [-0.4, -0.2) is 26.7 Å². The number of methoxy groups -OCH3 is 2. The highest BCUT2D eigenvalue weighted by molar-refractivity contribution is 5.85. The maximum Gasteiger partial charge on any atom is 0.220 e. The van der Waals surface area contributed by atoms with Crippen molar-refractivity contribution in [3.05, 3.63) is 23.8 Å². The van der Waals surface area contributed by atoms with Gasteiger partial charge in [0.25, 0.3) is 0 Å². The summed E-state index contributed by atoms with van der Waals surface area (Å²) in [5.41, 5.74) is 6.94. The van der Waals surface area contributed by atoms with Crippen LogP contribution in [0.15, 0.2) is 18.2 Å². The van der Waals surface area contributed by atoms with Crippen LogP contribution in [0.3, 0.4) is 0 Å². The van der Waals surface area contributed by atoms with Crippen molar-refractivity contribution in [1.82, 2.24) is 5.32 Å². The molecule has 24 heavy (non-hydrogen) atoms. The maximum absolute atomic E-state index is 12.3. The fraction of sp³-hybridized carbons (Fsp3) is 0.611. The van der Waals surface area contributed by atoms with Crippen LogP contribution in [0, 0.1) is 5.41 Å². The van der Waals surface area contributed by atoms with Gasteiger partial charge in [-0.15, -0.1) is 12.4 Å². The molecule has 6 heteroatoms. The number of hydrogen-bond acceptors (Lipinski definition) is 4. The minimum absolute atomic E-state index is 0. The van der Waals surface area contributed by atoms with Gasteiger partial charge in [-0.05, 0) is 42.5 Å². The quantitative estimate of drug-likeness (QED) is 0.787. The molecule has 136 valence electrons. The van der Waals surface area contributed by atoms with E-state index in [1.807, 2.05) is 18.2 Å². The largest absolute Gasteiger partial charge is 0.493 e. The van der Waals surface area contributed by atoms with Crippen LogP contribution in [-0.2, 0) is 11.3 Å². The van der Waals surface area contributed by atoms with Gasteiger partial charge in [0.05, 0.1) is 14.2 Å². The van der Waals surface area contributed by atoms with Gasteiger partial charge in [0.2, 0.25) is 5.91 Å². The first-order chi connectivity index (χ1) is 11.1. The van der Waals surface area contributed by atoms with Crippen molar-refractivity contribution >= 4 is 18.3 Å². The lowest BCUT2D eigenvalue weighted by Gasteiger charge is -2.35. The molecule has 0 spiro atoms. The lowest BCUT2D eigenvalue weighted by atomic mass is 9.71.